The zero-order chi connectivity index (χ0) is 13.1. The average molecular weight is 249 g/mol. The van der Waals surface area contributed by atoms with E-state index in [0.29, 0.717) is 23.5 Å². The number of nitrogens with one attached hydrogen (secondary N) is 1. The van der Waals surface area contributed by atoms with Crippen molar-refractivity contribution >= 4 is 5.91 Å². The van der Waals surface area contributed by atoms with Gasteiger partial charge in [0.2, 0.25) is 0 Å². The zero-order valence-electron chi connectivity index (χ0n) is 11.5. The summed E-state index contributed by atoms with van der Waals surface area (Å²) < 4.78 is 5.15. The molecule has 1 aliphatic carbocycles. The molecule has 18 heavy (non-hydrogen) atoms. The first-order valence-corrected chi connectivity index (χ1v) is 6.92. The van der Waals surface area contributed by atoms with Gasteiger partial charge < -0.3 is 9.73 Å². The van der Waals surface area contributed by atoms with E-state index < -0.39 is 0 Å². The van der Waals surface area contributed by atoms with Crippen molar-refractivity contribution in [3.8, 4) is 0 Å². The summed E-state index contributed by atoms with van der Waals surface area (Å²) in [6, 6.07) is 3.75. The van der Waals surface area contributed by atoms with E-state index >= 15 is 0 Å². The highest BCUT2D eigenvalue weighted by molar-refractivity contribution is 5.91. The van der Waals surface area contributed by atoms with Gasteiger partial charge in [-0.15, -0.1) is 0 Å². The highest BCUT2D eigenvalue weighted by Crippen LogP contribution is 2.33. The molecule has 0 aromatic carbocycles. The van der Waals surface area contributed by atoms with Crippen LogP contribution in [0.2, 0.25) is 0 Å². The molecule has 2 rings (SSSR count). The predicted octanol–water partition coefficient (Wildman–Crippen LogP) is 3.47. The van der Waals surface area contributed by atoms with E-state index in [2.05, 4.69) is 26.1 Å². The third-order valence-electron chi connectivity index (χ3n) is 4.08. The first kappa shape index (κ1) is 13.2. The molecule has 1 amide bonds. The van der Waals surface area contributed by atoms with E-state index in [0.717, 1.165) is 6.42 Å². The van der Waals surface area contributed by atoms with Gasteiger partial charge in [0, 0.05) is 6.04 Å². The summed E-state index contributed by atoms with van der Waals surface area (Å²) in [7, 11) is 0. The SMILES string of the molecule is CC(C)[C@H]1CC[C@H](C)C[C@@H]1NC(=O)c1ccco1. The van der Waals surface area contributed by atoms with Crippen LogP contribution in [0.3, 0.4) is 0 Å². The average Bonchev–Trinajstić information content (AvgIpc) is 2.81. The van der Waals surface area contributed by atoms with Crippen LogP contribution >= 0.6 is 0 Å². The Kier molecular flexibility index (Phi) is 4.10. The summed E-state index contributed by atoms with van der Waals surface area (Å²) in [6.07, 6.45) is 5.10. The van der Waals surface area contributed by atoms with E-state index in [1.54, 1.807) is 18.4 Å². The van der Waals surface area contributed by atoms with E-state index in [1.165, 1.54) is 12.8 Å². The smallest absolute Gasteiger partial charge is 0.287 e. The molecule has 100 valence electrons. The van der Waals surface area contributed by atoms with Crippen LogP contribution in [-0.2, 0) is 0 Å². The second kappa shape index (κ2) is 5.59. The van der Waals surface area contributed by atoms with Gasteiger partial charge in [-0.2, -0.15) is 0 Å². The van der Waals surface area contributed by atoms with Crippen molar-refractivity contribution in [2.75, 3.05) is 0 Å². The van der Waals surface area contributed by atoms with Crippen LogP contribution in [0.4, 0.5) is 0 Å². The molecule has 0 aliphatic heterocycles. The van der Waals surface area contributed by atoms with Gasteiger partial charge in [-0.05, 0) is 42.7 Å². The minimum Gasteiger partial charge on any atom is -0.459 e. The molecule has 1 aromatic rings. The van der Waals surface area contributed by atoms with Crippen molar-refractivity contribution in [3.05, 3.63) is 24.2 Å². The van der Waals surface area contributed by atoms with Crippen molar-refractivity contribution in [1.82, 2.24) is 5.32 Å². The molecule has 1 saturated carbocycles. The Morgan fingerprint density at radius 1 is 1.44 bits per heavy atom. The molecule has 1 heterocycles. The van der Waals surface area contributed by atoms with Gasteiger partial charge in [0.05, 0.1) is 6.26 Å². The van der Waals surface area contributed by atoms with Crippen LogP contribution in [0.5, 0.6) is 0 Å². The largest absolute Gasteiger partial charge is 0.459 e. The summed E-state index contributed by atoms with van der Waals surface area (Å²) in [5.41, 5.74) is 0. The fourth-order valence-electron chi connectivity index (χ4n) is 3.02. The summed E-state index contributed by atoms with van der Waals surface area (Å²) in [5, 5.41) is 3.15. The number of hydrogen-bond acceptors (Lipinski definition) is 2. The Hall–Kier alpha value is -1.25. The molecule has 0 unspecified atom stereocenters. The first-order valence-electron chi connectivity index (χ1n) is 6.92. The molecule has 1 fully saturated rings. The van der Waals surface area contributed by atoms with Crippen molar-refractivity contribution in [2.45, 2.75) is 46.1 Å². The molecule has 1 N–H and O–H groups in total. The monoisotopic (exact) mass is 249 g/mol. The van der Waals surface area contributed by atoms with Gasteiger partial charge in [0.1, 0.15) is 0 Å². The molecule has 0 saturated heterocycles. The number of rotatable bonds is 3. The van der Waals surface area contributed by atoms with Crippen molar-refractivity contribution in [2.24, 2.45) is 17.8 Å². The molecule has 1 aromatic heterocycles. The van der Waals surface area contributed by atoms with Gasteiger partial charge in [-0.3, -0.25) is 4.79 Å². The van der Waals surface area contributed by atoms with Crippen LogP contribution in [-0.4, -0.2) is 11.9 Å². The Labute approximate surface area is 109 Å². The lowest BCUT2D eigenvalue weighted by molar-refractivity contribution is 0.0840. The van der Waals surface area contributed by atoms with Crippen molar-refractivity contribution in [1.29, 1.82) is 0 Å². The van der Waals surface area contributed by atoms with Gasteiger partial charge in [-0.25, -0.2) is 0 Å². The molecule has 0 spiro atoms. The predicted molar refractivity (Wildman–Crippen MR) is 71.3 cm³/mol. The molecular formula is C15H23NO2. The summed E-state index contributed by atoms with van der Waals surface area (Å²) in [6.45, 7) is 6.75. The number of carbonyl (C=O) groups excluding carboxylic acids is 1. The fourth-order valence-corrected chi connectivity index (χ4v) is 3.02. The standard InChI is InChI=1S/C15H23NO2/c1-10(2)12-7-6-11(3)9-13(12)16-15(17)14-5-4-8-18-14/h4-5,8,10-13H,6-7,9H2,1-3H3,(H,16,17)/t11-,12+,13-/m0/s1. The van der Waals surface area contributed by atoms with E-state index in [4.69, 9.17) is 4.42 Å². The van der Waals surface area contributed by atoms with Crippen LogP contribution < -0.4 is 5.32 Å². The summed E-state index contributed by atoms with van der Waals surface area (Å²) >= 11 is 0. The second-order valence-electron chi connectivity index (χ2n) is 5.88. The van der Waals surface area contributed by atoms with Gasteiger partial charge >= 0.3 is 0 Å². The van der Waals surface area contributed by atoms with Crippen molar-refractivity contribution in [3.63, 3.8) is 0 Å². The molecule has 3 nitrogen and oxygen atoms in total. The van der Waals surface area contributed by atoms with Gasteiger partial charge in [-0.1, -0.05) is 27.2 Å². The lowest BCUT2D eigenvalue weighted by atomic mass is 9.74. The van der Waals surface area contributed by atoms with E-state index in [-0.39, 0.29) is 11.9 Å². The topological polar surface area (TPSA) is 42.2 Å². The number of hydrogen-bond donors (Lipinski definition) is 1. The van der Waals surface area contributed by atoms with Crippen LogP contribution in [0, 0.1) is 17.8 Å². The lowest BCUT2D eigenvalue weighted by Gasteiger charge is -2.37. The summed E-state index contributed by atoms with van der Waals surface area (Å²) in [4.78, 5) is 12.0. The third kappa shape index (κ3) is 2.95. The first-order chi connectivity index (χ1) is 8.58. The Balaban J connectivity index is 2.02. The minimum absolute atomic E-state index is 0.0789. The van der Waals surface area contributed by atoms with Gasteiger partial charge in [0.15, 0.2) is 5.76 Å². The Morgan fingerprint density at radius 3 is 2.83 bits per heavy atom. The van der Waals surface area contributed by atoms with Crippen LogP contribution in [0.15, 0.2) is 22.8 Å². The maximum atomic E-state index is 12.0. The Morgan fingerprint density at radius 2 is 2.22 bits per heavy atom. The summed E-state index contributed by atoms with van der Waals surface area (Å²) in [5.74, 6) is 2.22. The number of carbonyl (C=O) groups is 1. The van der Waals surface area contributed by atoms with Crippen LogP contribution in [0.25, 0.3) is 0 Å². The van der Waals surface area contributed by atoms with Gasteiger partial charge in [0.25, 0.3) is 5.91 Å². The highest BCUT2D eigenvalue weighted by Gasteiger charge is 2.32. The number of amides is 1. The van der Waals surface area contributed by atoms with Crippen LogP contribution in [0.1, 0.15) is 50.6 Å². The van der Waals surface area contributed by atoms with E-state index in [9.17, 15) is 4.79 Å². The lowest BCUT2D eigenvalue weighted by Crippen LogP contribution is -2.45. The molecule has 0 radical (unpaired) electrons. The zero-order valence-corrected chi connectivity index (χ0v) is 11.5. The van der Waals surface area contributed by atoms with E-state index in [1.807, 2.05) is 0 Å². The normalized spacial score (nSPS) is 28.3. The third-order valence-corrected chi connectivity index (χ3v) is 4.08. The van der Waals surface area contributed by atoms with Crippen molar-refractivity contribution < 1.29 is 9.21 Å². The molecule has 3 atom stereocenters. The minimum atomic E-state index is -0.0789. The molecular weight excluding hydrogens is 226 g/mol. The maximum Gasteiger partial charge on any atom is 0.287 e. The molecule has 1 aliphatic rings. The second-order valence-corrected chi connectivity index (χ2v) is 5.88. The highest BCUT2D eigenvalue weighted by atomic mass is 16.3. The number of furan rings is 1. The fraction of sp³-hybridized carbons (Fsp3) is 0.667. The quantitative estimate of drug-likeness (QED) is 0.891. The maximum absolute atomic E-state index is 12.0. The molecule has 0 bridgehead atoms. The Bertz CT molecular complexity index is 383. The molecule has 3 heteroatoms.